The molecule has 1 aliphatic rings. The van der Waals surface area contributed by atoms with Crippen LogP contribution in [0.3, 0.4) is 0 Å². The van der Waals surface area contributed by atoms with Crippen molar-refractivity contribution >= 4 is 56.3 Å². The monoisotopic (exact) mass is 505 g/mol. The predicted molar refractivity (Wildman–Crippen MR) is 121 cm³/mol. The van der Waals surface area contributed by atoms with Crippen molar-refractivity contribution in [1.29, 1.82) is 0 Å². The Morgan fingerprint density at radius 3 is 2.84 bits per heavy atom. The van der Waals surface area contributed by atoms with E-state index in [1.807, 2.05) is 6.92 Å². The van der Waals surface area contributed by atoms with Crippen LogP contribution in [0, 0.1) is 5.41 Å². The van der Waals surface area contributed by atoms with Crippen molar-refractivity contribution < 1.29 is 9.59 Å². The van der Waals surface area contributed by atoms with Gasteiger partial charge in [-0.15, -0.1) is 0 Å². The molecule has 2 aromatic heterocycles. The lowest BCUT2D eigenvalue weighted by Crippen LogP contribution is -2.35. The van der Waals surface area contributed by atoms with Gasteiger partial charge in [0.25, 0.3) is 0 Å². The maximum Gasteiger partial charge on any atom is 0.250 e. The van der Waals surface area contributed by atoms with Gasteiger partial charge in [0.2, 0.25) is 17.8 Å². The molecule has 0 bridgehead atoms. The largest absolute Gasteiger partial charge is 0.366 e. The van der Waals surface area contributed by atoms with E-state index in [0.717, 1.165) is 18.2 Å². The first-order valence-corrected chi connectivity index (χ1v) is 10.9. The Balaban J connectivity index is 1.65. The lowest BCUT2D eigenvalue weighted by molar-refractivity contribution is -0.129. The van der Waals surface area contributed by atoms with Gasteiger partial charge in [-0.2, -0.15) is 10.1 Å². The second-order valence-corrected chi connectivity index (χ2v) is 9.04. The van der Waals surface area contributed by atoms with Crippen LogP contribution in [0.4, 0.5) is 5.95 Å². The van der Waals surface area contributed by atoms with Crippen molar-refractivity contribution in [2.45, 2.75) is 32.2 Å². The number of nitrogens with one attached hydrogen (secondary N) is 2. The van der Waals surface area contributed by atoms with Crippen LogP contribution >= 0.6 is 27.5 Å². The van der Waals surface area contributed by atoms with E-state index in [4.69, 9.17) is 17.3 Å². The van der Waals surface area contributed by atoms with Crippen molar-refractivity contribution in [2.75, 3.05) is 12.4 Å². The molecule has 2 amide bonds. The highest BCUT2D eigenvalue weighted by molar-refractivity contribution is 9.10. The number of carbonyl (C=O) groups excluding carboxylic acids is 2. The molecule has 0 spiro atoms. The fourth-order valence-electron chi connectivity index (χ4n) is 4.01. The SMILES string of the molecule is CNC(=O)[C@]1(C)CCC(Nc2ncc3c(Br)nn(-c4ccc(C(N)=O)c(Cl)c4)c3n2)C1. The highest BCUT2D eigenvalue weighted by Crippen LogP contribution is 2.39. The van der Waals surface area contributed by atoms with Crippen LogP contribution in [0.5, 0.6) is 0 Å². The summed E-state index contributed by atoms with van der Waals surface area (Å²) in [5.74, 6) is -0.101. The van der Waals surface area contributed by atoms with Gasteiger partial charge in [0.05, 0.1) is 21.7 Å². The summed E-state index contributed by atoms with van der Waals surface area (Å²) in [4.78, 5) is 32.7. The Morgan fingerprint density at radius 1 is 1.39 bits per heavy atom. The third-order valence-corrected chi connectivity index (χ3v) is 6.59. The quantitative estimate of drug-likeness (QED) is 0.488. The molecule has 162 valence electrons. The van der Waals surface area contributed by atoms with Gasteiger partial charge < -0.3 is 16.4 Å². The summed E-state index contributed by atoms with van der Waals surface area (Å²) in [6, 6.07) is 4.96. The Morgan fingerprint density at radius 2 is 2.16 bits per heavy atom. The highest BCUT2D eigenvalue weighted by atomic mass is 79.9. The van der Waals surface area contributed by atoms with Crippen LogP contribution in [0.2, 0.25) is 5.02 Å². The lowest BCUT2D eigenvalue weighted by Gasteiger charge is -2.22. The molecule has 1 saturated carbocycles. The standard InChI is InChI=1S/C20H21BrClN7O2/c1-20(18(31)24-2)6-5-10(8-20)26-19-25-9-13-15(21)28-29(17(13)27-19)11-3-4-12(16(23)30)14(22)7-11/h3-4,7,9-10H,5-6,8H2,1-2H3,(H2,23,30)(H,24,31)(H,25,26,27)/t10?,20-/m1/s1. The first-order chi connectivity index (χ1) is 14.7. The van der Waals surface area contributed by atoms with Gasteiger partial charge in [0, 0.05) is 24.7 Å². The van der Waals surface area contributed by atoms with Gasteiger partial charge in [-0.25, -0.2) is 9.67 Å². The van der Waals surface area contributed by atoms with Gasteiger partial charge in [0.15, 0.2) is 5.65 Å². The number of hydrogen-bond acceptors (Lipinski definition) is 6. The van der Waals surface area contributed by atoms with Crippen LogP contribution in [0.1, 0.15) is 36.5 Å². The van der Waals surface area contributed by atoms with Gasteiger partial charge in [0.1, 0.15) is 4.60 Å². The van der Waals surface area contributed by atoms with E-state index in [1.54, 1.807) is 36.1 Å². The average Bonchev–Trinajstić information content (AvgIpc) is 3.27. The molecule has 1 aromatic carbocycles. The summed E-state index contributed by atoms with van der Waals surface area (Å²) in [5.41, 5.74) is 6.36. The number of anilines is 1. The maximum atomic E-state index is 12.2. The number of hydrogen-bond donors (Lipinski definition) is 3. The number of benzene rings is 1. The summed E-state index contributed by atoms with van der Waals surface area (Å²) < 4.78 is 2.20. The summed E-state index contributed by atoms with van der Waals surface area (Å²) in [5, 5.41) is 11.5. The fourth-order valence-corrected chi connectivity index (χ4v) is 4.71. The molecule has 0 radical (unpaired) electrons. The van der Waals surface area contributed by atoms with Crippen LogP contribution < -0.4 is 16.4 Å². The Labute approximate surface area is 191 Å². The number of fused-ring (bicyclic) bond motifs is 1. The van der Waals surface area contributed by atoms with Gasteiger partial charge in [-0.1, -0.05) is 18.5 Å². The van der Waals surface area contributed by atoms with Crippen molar-refractivity contribution in [3.8, 4) is 5.69 Å². The summed E-state index contributed by atoms with van der Waals surface area (Å²) in [6.45, 7) is 1.98. The molecule has 2 heterocycles. The van der Waals surface area contributed by atoms with Crippen LogP contribution in [-0.2, 0) is 4.79 Å². The van der Waals surface area contributed by atoms with Crippen molar-refractivity contribution in [3.63, 3.8) is 0 Å². The minimum absolute atomic E-state index is 0.0477. The summed E-state index contributed by atoms with van der Waals surface area (Å²) in [7, 11) is 1.66. The molecule has 31 heavy (non-hydrogen) atoms. The van der Waals surface area contributed by atoms with Crippen LogP contribution in [-0.4, -0.2) is 44.7 Å². The second-order valence-electron chi connectivity index (χ2n) is 7.89. The smallest absolute Gasteiger partial charge is 0.250 e. The fraction of sp³-hybridized carbons (Fsp3) is 0.350. The third-order valence-electron chi connectivity index (χ3n) is 5.69. The molecule has 1 aliphatic carbocycles. The molecule has 4 N–H and O–H groups in total. The van der Waals surface area contributed by atoms with Gasteiger partial charge >= 0.3 is 0 Å². The zero-order chi connectivity index (χ0) is 22.3. The molecule has 1 fully saturated rings. The Hall–Kier alpha value is -2.72. The number of nitrogens with two attached hydrogens (primary N) is 1. The minimum Gasteiger partial charge on any atom is -0.366 e. The molecule has 9 nitrogen and oxygen atoms in total. The van der Waals surface area contributed by atoms with E-state index >= 15 is 0 Å². The molecule has 0 saturated heterocycles. The van der Waals surface area contributed by atoms with Crippen LogP contribution in [0.15, 0.2) is 29.0 Å². The molecule has 1 unspecified atom stereocenters. The van der Waals surface area contributed by atoms with Crippen LogP contribution in [0.25, 0.3) is 16.7 Å². The zero-order valence-corrected chi connectivity index (χ0v) is 19.3. The number of halogens is 2. The normalized spacial score (nSPS) is 20.7. The summed E-state index contributed by atoms with van der Waals surface area (Å²) >= 11 is 9.65. The second kappa shape index (κ2) is 8.08. The molecular weight excluding hydrogens is 486 g/mol. The van der Waals surface area contributed by atoms with E-state index in [0.29, 0.717) is 28.3 Å². The van der Waals surface area contributed by atoms with E-state index in [-0.39, 0.29) is 22.5 Å². The zero-order valence-electron chi connectivity index (χ0n) is 16.9. The molecule has 3 aromatic rings. The predicted octanol–water partition coefficient (Wildman–Crippen LogP) is 3.05. The number of carbonyl (C=O) groups is 2. The number of aromatic nitrogens is 4. The first-order valence-electron chi connectivity index (χ1n) is 9.71. The lowest BCUT2D eigenvalue weighted by atomic mass is 9.87. The van der Waals surface area contributed by atoms with E-state index in [1.165, 1.54) is 0 Å². The Bertz CT molecular complexity index is 1200. The number of nitrogens with zero attached hydrogens (tertiary/aromatic N) is 4. The number of amides is 2. The minimum atomic E-state index is -0.600. The highest BCUT2D eigenvalue weighted by Gasteiger charge is 2.40. The van der Waals surface area contributed by atoms with E-state index < -0.39 is 11.3 Å². The maximum absolute atomic E-state index is 12.2. The summed E-state index contributed by atoms with van der Waals surface area (Å²) in [6.07, 6.45) is 4.02. The van der Waals surface area contributed by atoms with Gasteiger partial charge in [-0.3, -0.25) is 9.59 Å². The van der Waals surface area contributed by atoms with E-state index in [2.05, 4.69) is 41.6 Å². The average molecular weight is 507 g/mol. The topological polar surface area (TPSA) is 128 Å². The molecule has 0 aliphatic heterocycles. The van der Waals surface area contributed by atoms with Crippen molar-refractivity contribution in [1.82, 2.24) is 25.1 Å². The van der Waals surface area contributed by atoms with Gasteiger partial charge in [-0.05, 0) is 53.4 Å². The molecule has 4 rings (SSSR count). The molecule has 2 atom stereocenters. The first kappa shape index (κ1) is 21.5. The number of rotatable bonds is 5. The third kappa shape index (κ3) is 3.97. The molecular formula is C20H21BrClN7O2. The van der Waals surface area contributed by atoms with Crippen molar-refractivity contribution in [2.24, 2.45) is 11.1 Å². The van der Waals surface area contributed by atoms with E-state index in [9.17, 15) is 9.59 Å². The van der Waals surface area contributed by atoms with Crippen molar-refractivity contribution in [3.05, 3.63) is 39.6 Å². The molecule has 11 heteroatoms. The number of primary amides is 1. The Kier molecular flexibility index (Phi) is 5.61.